The minimum atomic E-state index is 0.176. The van der Waals surface area contributed by atoms with Gasteiger partial charge in [-0.25, -0.2) is 0 Å². The van der Waals surface area contributed by atoms with Crippen LogP contribution in [-0.2, 0) is 6.42 Å². The second-order valence-corrected chi connectivity index (χ2v) is 7.74. The van der Waals surface area contributed by atoms with Crippen LogP contribution in [0.15, 0.2) is 61.3 Å². The number of fused-ring (bicyclic) bond motifs is 1. The quantitative estimate of drug-likeness (QED) is 0.436. The van der Waals surface area contributed by atoms with E-state index in [0.29, 0.717) is 0 Å². The van der Waals surface area contributed by atoms with E-state index in [4.69, 9.17) is 4.74 Å². The van der Waals surface area contributed by atoms with E-state index in [0.717, 1.165) is 53.4 Å². The molecule has 1 aliphatic heterocycles. The minimum absolute atomic E-state index is 0.176. The molecular weight excluding hydrogens is 382 g/mol. The van der Waals surface area contributed by atoms with E-state index in [9.17, 15) is 0 Å². The van der Waals surface area contributed by atoms with Crippen LogP contribution in [0.2, 0.25) is 0 Å². The number of aromatic nitrogens is 2. The molecule has 0 saturated heterocycles. The van der Waals surface area contributed by atoms with Crippen LogP contribution in [0, 0.1) is 0 Å². The summed E-state index contributed by atoms with van der Waals surface area (Å²) in [6.07, 6.45) is 12.2. The van der Waals surface area contributed by atoms with Crippen molar-refractivity contribution >= 4 is 23.9 Å². The lowest BCUT2D eigenvalue weighted by Crippen LogP contribution is -2.00. The van der Waals surface area contributed by atoms with Crippen LogP contribution in [0.4, 0.5) is 5.69 Å². The zero-order valence-corrected chi connectivity index (χ0v) is 18.2. The molecule has 0 fully saturated rings. The van der Waals surface area contributed by atoms with E-state index in [1.165, 1.54) is 11.1 Å². The first-order valence-electron chi connectivity index (χ1n) is 10.9. The van der Waals surface area contributed by atoms with Gasteiger partial charge in [0.05, 0.1) is 18.0 Å². The zero-order valence-electron chi connectivity index (χ0n) is 18.2. The lowest BCUT2D eigenvalue weighted by atomic mass is 9.93. The SMILES string of the molecule is C=CNc1cccc(C(C)c2[nH]nc(/C=C/c3ccc4c(c3)CCO4)c2/C=C\CC)c1. The Balaban J connectivity index is 1.64. The second kappa shape index (κ2) is 9.52. The molecule has 158 valence electrons. The summed E-state index contributed by atoms with van der Waals surface area (Å²) in [4.78, 5) is 0. The minimum Gasteiger partial charge on any atom is -0.493 e. The third kappa shape index (κ3) is 4.64. The number of anilines is 1. The topological polar surface area (TPSA) is 49.9 Å². The molecule has 3 aromatic rings. The lowest BCUT2D eigenvalue weighted by Gasteiger charge is -2.13. The monoisotopic (exact) mass is 411 g/mol. The van der Waals surface area contributed by atoms with Crippen molar-refractivity contribution in [2.75, 3.05) is 11.9 Å². The highest BCUT2D eigenvalue weighted by molar-refractivity contribution is 5.75. The van der Waals surface area contributed by atoms with Crippen molar-refractivity contribution in [2.45, 2.75) is 32.6 Å². The molecule has 4 heteroatoms. The number of aromatic amines is 1. The van der Waals surface area contributed by atoms with Crippen molar-refractivity contribution in [1.82, 2.24) is 10.2 Å². The van der Waals surface area contributed by atoms with Crippen molar-refractivity contribution in [3.05, 3.63) is 95.0 Å². The molecule has 4 rings (SSSR count). The Morgan fingerprint density at radius 3 is 2.94 bits per heavy atom. The molecule has 0 spiro atoms. The smallest absolute Gasteiger partial charge is 0.122 e. The van der Waals surface area contributed by atoms with Gasteiger partial charge in [-0.3, -0.25) is 5.10 Å². The summed E-state index contributed by atoms with van der Waals surface area (Å²) >= 11 is 0. The summed E-state index contributed by atoms with van der Waals surface area (Å²) in [6.45, 7) is 8.88. The fraction of sp³-hybridized carbons (Fsp3) is 0.222. The van der Waals surface area contributed by atoms with Gasteiger partial charge >= 0.3 is 0 Å². The first-order valence-corrected chi connectivity index (χ1v) is 10.9. The number of nitrogens with zero attached hydrogens (tertiary/aromatic N) is 1. The van der Waals surface area contributed by atoms with Crippen LogP contribution in [0.3, 0.4) is 0 Å². The van der Waals surface area contributed by atoms with Gasteiger partial charge in [0.25, 0.3) is 0 Å². The molecule has 0 saturated carbocycles. The van der Waals surface area contributed by atoms with E-state index in [-0.39, 0.29) is 5.92 Å². The van der Waals surface area contributed by atoms with Gasteiger partial charge < -0.3 is 10.1 Å². The zero-order chi connectivity index (χ0) is 21.6. The number of rotatable bonds is 8. The van der Waals surface area contributed by atoms with E-state index in [1.807, 2.05) is 6.07 Å². The maximum Gasteiger partial charge on any atom is 0.122 e. The molecule has 0 bridgehead atoms. The highest BCUT2D eigenvalue weighted by Crippen LogP contribution is 2.31. The summed E-state index contributed by atoms with van der Waals surface area (Å²) in [5.74, 6) is 1.18. The average molecular weight is 412 g/mol. The number of ether oxygens (including phenoxy) is 1. The van der Waals surface area contributed by atoms with Gasteiger partial charge in [-0.15, -0.1) is 0 Å². The Kier molecular flexibility index (Phi) is 6.37. The van der Waals surface area contributed by atoms with Crippen molar-refractivity contribution in [2.24, 2.45) is 0 Å². The van der Waals surface area contributed by atoms with Crippen molar-refractivity contribution in [1.29, 1.82) is 0 Å². The number of hydrogen-bond acceptors (Lipinski definition) is 3. The Bertz CT molecular complexity index is 1120. The highest BCUT2D eigenvalue weighted by atomic mass is 16.5. The summed E-state index contributed by atoms with van der Waals surface area (Å²) in [7, 11) is 0. The first kappa shape index (κ1) is 20.7. The van der Waals surface area contributed by atoms with Gasteiger partial charge in [-0.2, -0.15) is 5.10 Å². The van der Waals surface area contributed by atoms with Gasteiger partial charge in [0.2, 0.25) is 0 Å². The number of hydrogen-bond donors (Lipinski definition) is 2. The number of H-pyrrole nitrogens is 1. The summed E-state index contributed by atoms with van der Waals surface area (Å²) in [5.41, 5.74) is 7.89. The molecule has 31 heavy (non-hydrogen) atoms. The summed E-state index contributed by atoms with van der Waals surface area (Å²) in [5, 5.41) is 11.1. The van der Waals surface area contributed by atoms with Crippen LogP contribution in [0.5, 0.6) is 5.75 Å². The van der Waals surface area contributed by atoms with Gasteiger partial charge in [0.15, 0.2) is 0 Å². The normalized spacial score (nSPS) is 14.0. The summed E-state index contributed by atoms with van der Waals surface area (Å²) < 4.78 is 5.61. The van der Waals surface area contributed by atoms with Crippen LogP contribution in [-0.4, -0.2) is 16.8 Å². The van der Waals surface area contributed by atoms with Crippen molar-refractivity contribution in [3.8, 4) is 5.75 Å². The van der Waals surface area contributed by atoms with E-state index in [2.05, 4.69) is 96.6 Å². The molecule has 0 aliphatic carbocycles. The number of benzene rings is 2. The highest BCUT2D eigenvalue weighted by Gasteiger charge is 2.17. The maximum atomic E-state index is 5.61. The Hall–Kier alpha value is -3.53. The van der Waals surface area contributed by atoms with E-state index < -0.39 is 0 Å². The third-order valence-electron chi connectivity index (χ3n) is 5.62. The summed E-state index contributed by atoms with van der Waals surface area (Å²) in [6, 6.07) is 14.8. The van der Waals surface area contributed by atoms with Crippen LogP contribution in [0.25, 0.3) is 18.2 Å². The molecule has 2 heterocycles. The fourth-order valence-corrected chi connectivity index (χ4v) is 3.91. The predicted molar refractivity (Wildman–Crippen MR) is 130 cm³/mol. The number of nitrogens with one attached hydrogen (secondary N) is 2. The van der Waals surface area contributed by atoms with Crippen molar-refractivity contribution in [3.63, 3.8) is 0 Å². The molecule has 1 atom stereocenters. The predicted octanol–water partition coefficient (Wildman–Crippen LogP) is 6.65. The first-order chi connectivity index (χ1) is 15.2. The van der Waals surface area contributed by atoms with Crippen LogP contribution in [0.1, 0.15) is 59.8 Å². The molecule has 0 amide bonds. The molecule has 1 aliphatic rings. The fourth-order valence-electron chi connectivity index (χ4n) is 3.91. The third-order valence-corrected chi connectivity index (χ3v) is 5.62. The molecule has 4 nitrogen and oxygen atoms in total. The average Bonchev–Trinajstić information content (AvgIpc) is 3.42. The van der Waals surface area contributed by atoms with E-state index in [1.54, 1.807) is 6.20 Å². The molecule has 1 unspecified atom stereocenters. The Morgan fingerprint density at radius 2 is 2.10 bits per heavy atom. The Labute approximate surface area is 184 Å². The molecular formula is C27H29N3O. The van der Waals surface area contributed by atoms with Crippen LogP contribution >= 0.6 is 0 Å². The largest absolute Gasteiger partial charge is 0.493 e. The van der Waals surface area contributed by atoms with E-state index >= 15 is 0 Å². The Morgan fingerprint density at radius 1 is 1.19 bits per heavy atom. The maximum absolute atomic E-state index is 5.61. The molecule has 0 radical (unpaired) electrons. The van der Waals surface area contributed by atoms with Gasteiger partial charge in [-0.1, -0.05) is 56.9 Å². The number of allylic oxidation sites excluding steroid dienone is 1. The van der Waals surface area contributed by atoms with Gasteiger partial charge in [-0.05, 0) is 59.7 Å². The standard InChI is InChI=1S/C27H29N3O/c1-4-6-10-24-25(13-11-20-12-14-26-22(17-20)15-16-31-26)29-30-27(24)19(3)21-8-7-9-23(18-21)28-5-2/h5-14,17-19,28H,2,4,15-16H2,1,3H3,(H,29,30)/b10-6-,13-11+. The second-order valence-electron chi connectivity index (χ2n) is 7.74. The van der Waals surface area contributed by atoms with Crippen LogP contribution < -0.4 is 10.1 Å². The van der Waals surface area contributed by atoms with Gasteiger partial charge in [0, 0.05) is 23.6 Å². The lowest BCUT2D eigenvalue weighted by molar-refractivity contribution is 0.357. The van der Waals surface area contributed by atoms with Crippen molar-refractivity contribution < 1.29 is 4.74 Å². The molecule has 2 N–H and O–H groups in total. The molecule has 2 aromatic carbocycles. The van der Waals surface area contributed by atoms with Gasteiger partial charge in [0.1, 0.15) is 5.75 Å². The molecule has 1 aromatic heterocycles.